The molecule has 0 radical (unpaired) electrons. The van der Waals surface area contributed by atoms with E-state index in [1.165, 1.54) is 0 Å². The molecule has 0 aliphatic carbocycles. The van der Waals surface area contributed by atoms with Gasteiger partial charge < -0.3 is 39.1 Å². The van der Waals surface area contributed by atoms with Gasteiger partial charge in [0, 0.05) is 25.1 Å². The molecule has 1 aliphatic heterocycles. The fraction of sp³-hybridized carbons (Fsp3) is 0.321. The van der Waals surface area contributed by atoms with Crippen LogP contribution >= 0.6 is 0 Å². The van der Waals surface area contributed by atoms with Crippen LogP contribution in [-0.2, 0) is 16.1 Å². The van der Waals surface area contributed by atoms with Gasteiger partial charge in [0.15, 0.2) is 23.0 Å². The van der Waals surface area contributed by atoms with Crippen LogP contribution in [0.2, 0.25) is 0 Å². The number of ether oxygens (including phenoxy) is 5. The number of aromatic hydroxyl groups is 1. The van der Waals surface area contributed by atoms with Crippen LogP contribution in [0.25, 0.3) is 0 Å². The van der Waals surface area contributed by atoms with Gasteiger partial charge in [0.25, 0.3) is 5.56 Å². The number of carbonyl (C=O) groups is 2. The number of pyridine rings is 1. The smallest absolute Gasteiger partial charge is 0.343 e. The summed E-state index contributed by atoms with van der Waals surface area (Å²) < 4.78 is 26.8. The van der Waals surface area contributed by atoms with Crippen LogP contribution in [0.4, 0.5) is 0 Å². The second kappa shape index (κ2) is 12.2. The molecule has 1 aromatic heterocycles. The number of esters is 1. The summed E-state index contributed by atoms with van der Waals surface area (Å²) in [6.45, 7) is 4.24. The Morgan fingerprint density at radius 3 is 2.62 bits per heavy atom. The van der Waals surface area contributed by atoms with Crippen molar-refractivity contribution in [2.24, 2.45) is 0 Å². The zero-order chi connectivity index (χ0) is 27.9. The first-order chi connectivity index (χ1) is 18.9. The molecule has 1 amide bonds. The molecule has 2 heterocycles. The lowest BCUT2D eigenvalue weighted by Gasteiger charge is -2.20. The maximum Gasteiger partial charge on any atom is 0.343 e. The van der Waals surface area contributed by atoms with Gasteiger partial charge in [0.2, 0.25) is 12.7 Å². The Bertz CT molecular complexity index is 1420. The zero-order valence-electron chi connectivity index (χ0n) is 21.9. The van der Waals surface area contributed by atoms with E-state index in [-0.39, 0.29) is 37.5 Å². The van der Waals surface area contributed by atoms with Crippen molar-refractivity contribution in [3.8, 4) is 28.7 Å². The molecule has 11 nitrogen and oxygen atoms in total. The van der Waals surface area contributed by atoms with Crippen LogP contribution in [0.5, 0.6) is 28.7 Å². The second-order valence-corrected chi connectivity index (χ2v) is 8.58. The van der Waals surface area contributed by atoms with Gasteiger partial charge in [-0.05, 0) is 49.2 Å². The largest absolute Gasteiger partial charge is 0.506 e. The third kappa shape index (κ3) is 6.08. The molecule has 0 spiro atoms. The van der Waals surface area contributed by atoms with Gasteiger partial charge in [-0.25, -0.2) is 4.79 Å². The molecular weight excluding hydrogens is 508 g/mol. The Kier molecular flexibility index (Phi) is 8.60. The third-order valence-electron chi connectivity index (χ3n) is 6.15. The van der Waals surface area contributed by atoms with E-state index < -0.39 is 29.1 Å². The van der Waals surface area contributed by atoms with E-state index in [9.17, 15) is 19.5 Å². The first-order valence-electron chi connectivity index (χ1n) is 12.4. The molecule has 1 unspecified atom stereocenters. The Hall–Kier alpha value is -4.67. The molecule has 0 bridgehead atoms. The van der Waals surface area contributed by atoms with Crippen LogP contribution in [0.1, 0.15) is 53.2 Å². The summed E-state index contributed by atoms with van der Waals surface area (Å²) in [5.74, 6) is -0.584. The normalized spacial score (nSPS) is 12.5. The van der Waals surface area contributed by atoms with E-state index in [2.05, 4.69) is 10.3 Å². The quantitative estimate of drug-likeness (QED) is 0.313. The van der Waals surface area contributed by atoms with E-state index in [1.807, 2.05) is 6.92 Å². The van der Waals surface area contributed by atoms with Crippen molar-refractivity contribution in [3.63, 3.8) is 0 Å². The molecule has 39 heavy (non-hydrogen) atoms. The fourth-order valence-corrected chi connectivity index (χ4v) is 4.30. The highest BCUT2D eigenvalue weighted by atomic mass is 16.7. The molecule has 0 saturated heterocycles. The fourth-order valence-electron chi connectivity index (χ4n) is 4.30. The number of benzene rings is 2. The number of hydrogen-bond donors (Lipinski definition) is 3. The monoisotopic (exact) mass is 538 g/mol. The maximum atomic E-state index is 13.2. The van der Waals surface area contributed by atoms with Crippen molar-refractivity contribution >= 4 is 11.9 Å². The van der Waals surface area contributed by atoms with Gasteiger partial charge in [-0.15, -0.1) is 0 Å². The minimum absolute atomic E-state index is 0.0414. The maximum absolute atomic E-state index is 13.2. The lowest BCUT2D eigenvalue weighted by molar-refractivity contribution is -0.121. The van der Waals surface area contributed by atoms with Crippen LogP contribution in [0.15, 0.2) is 47.4 Å². The summed E-state index contributed by atoms with van der Waals surface area (Å²) in [7, 11) is 1.55. The first-order valence-corrected chi connectivity index (χ1v) is 12.4. The van der Waals surface area contributed by atoms with Crippen molar-refractivity contribution in [1.29, 1.82) is 0 Å². The van der Waals surface area contributed by atoms with Gasteiger partial charge in [0.1, 0.15) is 11.3 Å². The van der Waals surface area contributed by atoms with E-state index in [4.69, 9.17) is 23.7 Å². The minimum atomic E-state index is -0.924. The van der Waals surface area contributed by atoms with Crippen LogP contribution < -0.4 is 29.8 Å². The molecule has 1 atom stereocenters. The lowest BCUT2D eigenvalue weighted by Crippen LogP contribution is -2.27. The van der Waals surface area contributed by atoms with Crippen LogP contribution in [0.3, 0.4) is 0 Å². The highest BCUT2D eigenvalue weighted by Crippen LogP contribution is 2.39. The SMILES string of the molecule is CCOC(=O)c1c[nH]c(=O)c(C(CC(=O)NCc2ccc(OC)c(OCC)c2)c2ccc3c(c2)OCO3)c1O. The van der Waals surface area contributed by atoms with Crippen molar-refractivity contribution in [2.45, 2.75) is 32.7 Å². The van der Waals surface area contributed by atoms with Crippen molar-refractivity contribution in [2.75, 3.05) is 27.1 Å². The molecule has 4 rings (SSSR count). The molecular formula is C28H30N2O9. The van der Waals surface area contributed by atoms with Gasteiger partial charge >= 0.3 is 5.97 Å². The summed E-state index contributed by atoms with van der Waals surface area (Å²) in [5, 5.41) is 13.9. The van der Waals surface area contributed by atoms with Gasteiger partial charge in [-0.3, -0.25) is 9.59 Å². The Labute approximate surface area is 224 Å². The molecule has 1 aliphatic rings. The first kappa shape index (κ1) is 27.4. The lowest BCUT2D eigenvalue weighted by atomic mass is 9.87. The zero-order valence-corrected chi connectivity index (χ0v) is 21.9. The van der Waals surface area contributed by atoms with Crippen molar-refractivity contribution in [1.82, 2.24) is 10.3 Å². The average Bonchev–Trinajstić information content (AvgIpc) is 3.40. The average molecular weight is 539 g/mol. The highest BCUT2D eigenvalue weighted by Gasteiger charge is 2.29. The van der Waals surface area contributed by atoms with E-state index in [0.29, 0.717) is 35.2 Å². The number of fused-ring (bicyclic) bond motifs is 1. The van der Waals surface area contributed by atoms with E-state index >= 15 is 0 Å². The van der Waals surface area contributed by atoms with E-state index in [1.54, 1.807) is 50.4 Å². The predicted octanol–water partition coefficient (Wildman–Crippen LogP) is 3.23. The molecule has 2 aromatic carbocycles. The summed E-state index contributed by atoms with van der Waals surface area (Å²) in [5.41, 5.74) is 0.293. The molecule has 3 N–H and O–H groups in total. The number of H-pyrrole nitrogens is 1. The van der Waals surface area contributed by atoms with Gasteiger partial charge in [0.05, 0.1) is 25.9 Å². The number of nitrogens with one attached hydrogen (secondary N) is 2. The number of amides is 1. The van der Waals surface area contributed by atoms with Gasteiger partial charge in [-0.2, -0.15) is 0 Å². The number of rotatable bonds is 11. The Morgan fingerprint density at radius 1 is 1.08 bits per heavy atom. The third-order valence-corrected chi connectivity index (χ3v) is 6.15. The number of carbonyl (C=O) groups excluding carboxylic acids is 2. The van der Waals surface area contributed by atoms with Crippen molar-refractivity contribution in [3.05, 3.63) is 75.2 Å². The Morgan fingerprint density at radius 2 is 1.87 bits per heavy atom. The summed E-state index contributed by atoms with van der Waals surface area (Å²) in [6.07, 6.45) is 0.882. The standard InChI is InChI=1S/C28H30N2O9/c1-4-36-22-10-16(6-8-20(22)35-3)13-29-24(31)12-18(17-7-9-21-23(11-17)39-15-38-21)25-26(32)19(14-30-27(25)33)28(34)37-5-2/h6-11,14,18H,4-5,12-13,15H2,1-3H3,(H,29,31)(H2,30,32,33). The second-order valence-electron chi connectivity index (χ2n) is 8.58. The molecule has 206 valence electrons. The molecule has 11 heteroatoms. The summed E-state index contributed by atoms with van der Waals surface area (Å²) in [4.78, 5) is 41.0. The highest BCUT2D eigenvalue weighted by molar-refractivity contribution is 5.92. The molecule has 3 aromatic rings. The number of aromatic nitrogens is 1. The van der Waals surface area contributed by atoms with E-state index in [0.717, 1.165) is 11.8 Å². The predicted molar refractivity (Wildman–Crippen MR) is 140 cm³/mol. The number of methoxy groups -OCH3 is 1. The van der Waals surface area contributed by atoms with Crippen molar-refractivity contribution < 1.29 is 38.4 Å². The number of aromatic amines is 1. The van der Waals surface area contributed by atoms with Gasteiger partial charge in [-0.1, -0.05) is 12.1 Å². The van der Waals surface area contributed by atoms with Crippen LogP contribution in [0, 0.1) is 0 Å². The Balaban J connectivity index is 1.64. The summed E-state index contributed by atoms with van der Waals surface area (Å²) in [6, 6.07) is 10.3. The minimum Gasteiger partial charge on any atom is -0.506 e. The van der Waals surface area contributed by atoms with Crippen LogP contribution in [-0.4, -0.2) is 49.1 Å². The number of hydrogen-bond acceptors (Lipinski definition) is 9. The summed E-state index contributed by atoms with van der Waals surface area (Å²) >= 11 is 0. The topological polar surface area (TPSA) is 145 Å². The molecule has 0 fully saturated rings. The molecule has 0 saturated carbocycles.